The fourth-order valence-corrected chi connectivity index (χ4v) is 4.24. The molecule has 0 saturated heterocycles. The highest BCUT2D eigenvalue weighted by Gasteiger charge is 2.25. The normalized spacial score (nSPS) is 25.3. The summed E-state index contributed by atoms with van der Waals surface area (Å²) in [5.41, 5.74) is 3.09. The fourth-order valence-electron chi connectivity index (χ4n) is 3.83. The summed E-state index contributed by atoms with van der Waals surface area (Å²) in [6.45, 7) is 2.40. The summed E-state index contributed by atoms with van der Waals surface area (Å²) in [5.74, 6) is 0.923. The van der Waals surface area contributed by atoms with Crippen LogP contribution in [0.4, 0.5) is 0 Å². The molecule has 2 aliphatic rings. The molecule has 0 aromatic heterocycles. The Hall–Kier alpha value is -0.340. The molecule has 0 heterocycles. The maximum Gasteiger partial charge on any atom is 0.0178 e. The molecule has 1 nitrogen and oxygen atoms in total. The summed E-state index contributed by atoms with van der Waals surface area (Å²) < 4.78 is 1.22. The van der Waals surface area contributed by atoms with Crippen molar-refractivity contribution in [3.05, 3.63) is 33.8 Å². The molecule has 1 aromatic rings. The molecule has 3 rings (SSSR count). The van der Waals surface area contributed by atoms with E-state index in [-0.39, 0.29) is 0 Å². The van der Waals surface area contributed by atoms with E-state index in [0.717, 1.165) is 5.92 Å². The highest BCUT2D eigenvalue weighted by Crippen LogP contribution is 2.29. The molecule has 0 spiro atoms. The second-order valence-corrected chi connectivity index (χ2v) is 7.27. The molecule has 1 unspecified atom stereocenters. The fraction of sp³-hybridized carbons (Fsp3) is 0.647. The largest absolute Gasteiger partial charge is 0.311 e. The van der Waals surface area contributed by atoms with Crippen LogP contribution in [0.5, 0.6) is 0 Å². The van der Waals surface area contributed by atoms with Crippen LogP contribution in [-0.2, 0) is 12.8 Å². The second kappa shape index (κ2) is 5.97. The van der Waals surface area contributed by atoms with Crippen LogP contribution in [0.25, 0.3) is 0 Å². The van der Waals surface area contributed by atoms with E-state index in [0.29, 0.717) is 12.1 Å². The molecular weight excluding hydrogens is 298 g/mol. The lowest BCUT2D eigenvalue weighted by atomic mass is 9.87. The number of hydrogen-bond acceptors (Lipinski definition) is 1. The Balaban J connectivity index is 1.60. The van der Waals surface area contributed by atoms with Gasteiger partial charge < -0.3 is 5.32 Å². The minimum atomic E-state index is 0.685. The Bertz CT molecular complexity index is 437. The Morgan fingerprint density at radius 2 is 1.95 bits per heavy atom. The van der Waals surface area contributed by atoms with Gasteiger partial charge in [0, 0.05) is 16.6 Å². The number of nitrogens with one attached hydrogen (secondary N) is 1. The standard InChI is InChI=1S/C17H24BrN/c1-12(13-4-2-3-5-13)19-17-9-7-14-10-16(18)8-6-15(14)11-17/h6,8,10,12-13,17,19H,2-5,7,9,11H2,1H3/t12-,17?/m0/s1. The van der Waals surface area contributed by atoms with E-state index >= 15 is 0 Å². The first kappa shape index (κ1) is 13.6. The van der Waals surface area contributed by atoms with E-state index in [1.807, 2.05) is 0 Å². The molecule has 1 saturated carbocycles. The highest BCUT2D eigenvalue weighted by atomic mass is 79.9. The average Bonchev–Trinajstić information content (AvgIpc) is 2.93. The Labute approximate surface area is 125 Å². The number of aryl methyl sites for hydroxylation is 1. The van der Waals surface area contributed by atoms with Gasteiger partial charge >= 0.3 is 0 Å². The molecule has 0 bridgehead atoms. The van der Waals surface area contributed by atoms with Gasteiger partial charge in [-0.2, -0.15) is 0 Å². The Morgan fingerprint density at radius 3 is 2.74 bits per heavy atom. The molecule has 1 N–H and O–H groups in total. The molecule has 1 fully saturated rings. The zero-order valence-corrected chi connectivity index (χ0v) is 13.4. The second-order valence-electron chi connectivity index (χ2n) is 6.35. The number of benzene rings is 1. The monoisotopic (exact) mass is 321 g/mol. The van der Waals surface area contributed by atoms with Gasteiger partial charge in [-0.15, -0.1) is 0 Å². The number of halogens is 1. The van der Waals surface area contributed by atoms with E-state index in [2.05, 4.69) is 46.4 Å². The van der Waals surface area contributed by atoms with Crippen LogP contribution in [0.2, 0.25) is 0 Å². The van der Waals surface area contributed by atoms with Crippen molar-refractivity contribution in [3.63, 3.8) is 0 Å². The third-order valence-corrected chi connectivity index (χ3v) is 5.50. The lowest BCUT2D eigenvalue weighted by molar-refractivity contribution is 0.324. The molecule has 0 amide bonds. The quantitative estimate of drug-likeness (QED) is 0.865. The first-order chi connectivity index (χ1) is 9.22. The van der Waals surface area contributed by atoms with Crippen LogP contribution in [0.3, 0.4) is 0 Å². The first-order valence-electron chi connectivity index (χ1n) is 7.76. The lowest BCUT2D eigenvalue weighted by Gasteiger charge is -2.31. The summed E-state index contributed by atoms with van der Waals surface area (Å²) in [7, 11) is 0. The molecule has 0 aliphatic heterocycles. The van der Waals surface area contributed by atoms with Gasteiger partial charge in [0.15, 0.2) is 0 Å². The van der Waals surface area contributed by atoms with Crippen LogP contribution >= 0.6 is 15.9 Å². The van der Waals surface area contributed by atoms with E-state index in [1.165, 1.54) is 49.4 Å². The van der Waals surface area contributed by atoms with Gasteiger partial charge in [0.2, 0.25) is 0 Å². The molecule has 2 heteroatoms. The van der Waals surface area contributed by atoms with Gasteiger partial charge in [-0.25, -0.2) is 0 Å². The predicted octanol–water partition coefficient (Wildman–Crippen LogP) is 4.47. The summed E-state index contributed by atoms with van der Waals surface area (Å²) in [6, 6.07) is 8.16. The smallest absolute Gasteiger partial charge is 0.0178 e. The lowest BCUT2D eigenvalue weighted by Crippen LogP contribution is -2.43. The molecule has 2 atom stereocenters. The third-order valence-electron chi connectivity index (χ3n) is 5.00. The summed E-state index contributed by atoms with van der Waals surface area (Å²) in [6.07, 6.45) is 9.48. The van der Waals surface area contributed by atoms with Gasteiger partial charge in [0.25, 0.3) is 0 Å². The maximum absolute atomic E-state index is 3.90. The molecule has 0 radical (unpaired) electrons. The topological polar surface area (TPSA) is 12.0 Å². The van der Waals surface area contributed by atoms with E-state index in [1.54, 1.807) is 11.1 Å². The summed E-state index contributed by atoms with van der Waals surface area (Å²) in [4.78, 5) is 0. The van der Waals surface area contributed by atoms with Crippen LogP contribution in [0, 0.1) is 5.92 Å². The maximum atomic E-state index is 3.90. The van der Waals surface area contributed by atoms with E-state index in [9.17, 15) is 0 Å². The van der Waals surface area contributed by atoms with Crippen LogP contribution in [-0.4, -0.2) is 12.1 Å². The SMILES string of the molecule is C[C@H](NC1CCc2cc(Br)ccc2C1)C1CCCC1. The van der Waals surface area contributed by atoms with Crippen LogP contribution < -0.4 is 5.32 Å². The number of rotatable bonds is 3. The summed E-state index contributed by atoms with van der Waals surface area (Å²) >= 11 is 3.57. The van der Waals surface area contributed by atoms with Gasteiger partial charge in [-0.3, -0.25) is 0 Å². The van der Waals surface area contributed by atoms with Crippen molar-refractivity contribution >= 4 is 15.9 Å². The van der Waals surface area contributed by atoms with E-state index < -0.39 is 0 Å². The van der Waals surface area contributed by atoms with Gasteiger partial charge in [0.1, 0.15) is 0 Å². The molecule has 2 aliphatic carbocycles. The van der Waals surface area contributed by atoms with Crippen LogP contribution in [0.15, 0.2) is 22.7 Å². The highest BCUT2D eigenvalue weighted by molar-refractivity contribution is 9.10. The van der Waals surface area contributed by atoms with Crippen molar-refractivity contribution in [2.24, 2.45) is 5.92 Å². The minimum absolute atomic E-state index is 0.685. The number of hydrogen-bond donors (Lipinski definition) is 1. The van der Waals surface area contributed by atoms with Gasteiger partial charge in [-0.05, 0) is 68.2 Å². The third kappa shape index (κ3) is 3.22. The van der Waals surface area contributed by atoms with Gasteiger partial charge in [-0.1, -0.05) is 34.8 Å². The van der Waals surface area contributed by atoms with Crippen molar-refractivity contribution in [1.29, 1.82) is 0 Å². The minimum Gasteiger partial charge on any atom is -0.311 e. The molecule has 104 valence electrons. The van der Waals surface area contributed by atoms with Crippen molar-refractivity contribution in [1.82, 2.24) is 5.32 Å². The predicted molar refractivity (Wildman–Crippen MR) is 84.5 cm³/mol. The Kier molecular flexibility index (Phi) is 4.28. The van der Waals surface area contributed by atoms with Gasteiger partial charge in [0.05, 0.1) is 0 Å². The van der Waals surface area contributed by atoms with E-state index in [4.69, 9.17) is 0 Å². The van der Waals surface area contributed by atoms with Crippen molar-refractivity contribution in [2.75, 3.05) is 0 Å². The average molecular weight is 322 g/mol. The zero-order chi connectivity index (χ0) is 13.2. The van der Waals surface area contributed by atoms with Crippen molar-refractivity contribution in [2.45, 2.75) is 64.0 Å². The first-order valence-corrected chi connectivity index (χ1v) is 8.55. The molecular formula is C17H24BrN. The summed E-state index contributed by atoms with van der Waals surface area (Å²) in [5, 5.41) is 3.90. The Morgan fingerprint density at radius 1 is 1.16 bits per heavy atom. The number of fused-ring (bicyclic) bond motifs is 1. The zero-order valence-electron chi connectivity index (χ0n) is 11.8. The molecule has 1 aromatic carbocycles. The van der Waals surface area contributed by atoms with Crippen LogP contribution in [0.1, 0.15) is 50.2 Å². The van der Waals surface area contributed by atoms with Crippen molar-refractivity contribution in [3.8, 4) is 0 Å². The molecule has 19 heavy (non-hydrogen) atoms. The van der Waals surface area contributed by atoms with Crippen molar-refractivity contribution < 1.29 is 0 Å².